The second-order valence-electron chi connectivity index (χ2n) is 4.87. The van der Waals surface area contributed by atoms with Gasteiger partial charge in [0, 0.05) is 10.6 Å². The SMILES string of the molecule is Cc1ccc(C)c(NC(C)c2sc(C)nc2C)c1. The Morgan fingerprint density at radius 1 is 1.17 bits per heavy atom. The quantitative estimate of drug-likeness (QED) is 0.875. The molecule has 1 aromatic heterocycles. The molecule has 0 amide bonds. The summed E-state index contributed by atoms with van der Waals surface area (Å²) in [5.41, 5.74) is 4.93. The zero-order valence-corrected chi connectivity index (χ0v) is 12.5. The second-order valence-corrected chi connectivity index (χ2v) is 6.10. The Kier molecular flexibility index (Phi) is 3.71. The van der Waals surface area contributed by atoms with Gasteiger partial charge >= 0.3 is 0 Å². The molecule has 0 saturated carbocycles. The standard InChI is InChI=1S/C15H20N2S/c1-9-6-7-10(2)14(8-9)17-12(4)15-11(3)16-13(5)18-15/h6-8,12,17H,1-5H3. The molecule has 0 saturated heterocycles. The number of hydrogen-bond acceptors (Lipinski definition) is 3. The number of hydrogen-bond donors (Lipinski definition) is 1. The molecule has 0 aliphatic rings. The molecule has 1 unspecified atom stereocenters. The van der Waals surface area contributed by atoms with Crippen LogP contribution in [0.15, 0.2) is 18.2 Å². The maximum absolute atomic E-state index is 4.49. The molecule has 1 atom stereocenters. The lowest BCUT2D eigenvalue weighted by Crippen LogP contribution is -2.07. The molecule has 0 aliphatic heterocycles. The van der Waals surface area contributed by atoms with Crippen LogP contribution >= 0.6 is 11.3 Å². The van der Waals surface area contributed by atoms with E-state index in [1.54, 1.807) is 11.3 Å². The smallest absolute Gasteiger partial charge is 0.0900 e. The largest absolute Gasteiger partial charge is 0.377 e. The zero-order valence-electron chi connectivity index (χ0n) is 11.7. The number of aromatic nitrogens is 1. The van der Waals surface area contributed by atoms with Gasteiger partial charge < -0.3 is 5.32 Å². The van der Waals surface area contributed by atoms with E-state index in [1.807, 2.05) is 0 Å². The number of nitrogens with one attached hydrogen (secondary N) is 1. The first-order chi connectivity index (χ1) is 8.47. The van der Waals surface area contributed by atoms with Crippen LogP contribution < -0.4 is 5.32 Å². The van der Waals surface area contributed by atoms with Crippen molar-refractivity contribution in [3.8, 4) is 0 Å². The molecular formula is C15H20N2S. The predicted octanol–water partition coefficient (Wildman–Crippen LogP) is 4.55. The summed E-state index contributed by atoms with van der Waals surface area (Å²) in [5.74, 6) is 0. The van der Waals surface area contributed by atoms with Gasteiger partial charge in [-0.05, 0) is 51.8 Å². The Balaban J connectivity index is 2.23. The average Bonchev–Trinajstić information content (AvgIpc) is 2.63. The molecule has 3 heteroatoms. The molecule has 0 fully saturated rings. The van der Waals surface area contributed by atoms with E-state index in [1.165, 1.54) is 21.7 Å². The Hall–Kier alpha value is -1.35. The highest BCUT2D eigenvalue weighted by Crippen LogP contribution is 2.28. The predicted molar refractivity (Wildman–Crippen MR) is 79.5 cm³/mol. The Labute approximate surface area is 113 Å². The van der Waals surface area contributed by atoms with Gasteiger partial charge in [-0.1, -0.05) is 12.1 Å². The third-order valence-corrected chi connectivity index (χ3v) is 4.35. The fourth-order valence-electron chi connectivity index (χ4n) is 2.14. The van der Waals surface area contributed by atoms with Crippen molar-refractivity contribution in [2.45, 2.75) is 40.7 Å². The van der Waals surface area contributed by atoms with E-state index in [4.69, 9.17) is 0 Å². The second kappa shape index (κ2) is 5.11. The zero-order chi connectivity index (χ0) is 13.3. The number of thiazole rings is 1. The molecule has 0 radical (unpaired) electrons. The molecule has 1 aromatic carbocycles. The highest BCUT2D eigenvalue weighted by atomic mass is 32.1. The van der Waals surface area contributed by atoms with Gasteiger partial charge in [0.05, 0.1) is 16.7 Å². The normalized spacial score (nSPS) is 12.5. The van der Waals surface area contributed by atoms with Crippen molar-refractivity contribution in [3.05, 3.63) is 44.9 Å². The van der Waals surface area contributed by atoms with Crippen molar-refractivity contribution in [1.29, 1.82) is 0 Å². The van der Waals surface area contributed by atoms with Crippen LogP contribution in [0.1, 0.15) is 39.7 Å². The minimum Gasteiger partial charge on any atom is -0.377 e. The van der Waals surface area contributed by atoms with Crippen LogP contribution in [-0.4, -0.2) is 4.98 Å². The van der Waals surface area contributed by atoms with E-state index in [0.717, 1.165) is 10.7 Å². The molecule has 2 rings (SSSR count). The summed E-state index contributed by atoms with van der Waals surface area (Å²) in [6.07, 6.45) is 0. The molecular weight excluding hydrogens is 240 g/mol. The Bertz CT molecular complexity index is 558. The van der Waals surface area contributed by atoms with Crippen LogP contribution in [0, 0.1) is 27.7 Å². The lowest BCUT2D eigenvalue weighted by atomic mass is 10.1. The molecule has 0 aliphatic carbocycles. The molecule has 1 N–H and O–H groups in total. The summed E-state index contributed by atoms with van der Waals surface area (Å²) < 4.78 is 0. The van der Waals surface area contributed by atoms with Gasteiger partial charge in [-0.3, -0.25) is 0 Å². The molecule has 2 nitrogen and oxygen atoms in total. The summed E-state index contributed by atoms with van der Waals surface area (Å²) >= 11 is 1.78. The van der Waals surface area contributed by atoms with Crippen molar-refractivity contribution >= 4 is 17.0 Å². The van der Waals surface area contributed by atoms with Crippen molar-refractivity contribution in [2.24, 2.45) is 0 Å². The number of anilines is 1. The van der Waals surface area contributed by atoms with Crippen LogP contribution in [-0.2, 0) is 0 Å². The first kappa shape index (κ1) is 13.1. The van der Waals surface area contributed by atoms with Crippen molar-refractivity contribution < 1.29 is 0 Å². The van der Waals surface area contributed by atoms with Crippen LogP contribution in [0.25, 0.3) is 0 Å². The number of aryl methyl sites for hydroxylation is 4. The first-order valence-corrected chi connectivity index (χ1v) is 7.06. The van der Waals surface area contributed by atoms with Crippen LogP contribution in [0.4, 0.5) is 5.69 Å². The van der Waals surface area contributed by atoms with Crippen LogP contribution in [0.5, 0.6) is 0 Å². The third kappa shape index (κ3) is 2.72. The number of benzene rings is 1. The van der Waals surface area contributed by atoms with Crippen LogP contribution in [0.3, 0.4) is 0 Å². The summed E-state index contributed by atoms with van der Waals surface area (Å²) in [6.45, 7) is 10.6. The first-order valence-electron chi connectivity index (χ1n) is 6.25. The van der Waals surface area contributed by atoms with E-state index < -0.39 is 0 Å². The summed E-state index contributed by atoms with van der Waals surface area (Å²) in [5, 5.41) is 4.73. The van der Waals surface area contributed by atoms with E-state index in [9.17, 15) is 0 Å². The van der Waals surface area contributed by atoms with Crippen molar-refractivity contribution in [1.82, 2.24) is 4.98 Å². The molecule has 96 valence electrons. The van der Waals surface area contributed by atoms with E-state index in [-0.39, 0.29) is 0 Å². The topological polar surface area (TPSA) is 24.9 Å². The Morgan fingerprint density at radius 2 is 1.89 bits per heavy atom. The summed E-state index contributed by atoms with van der Waals surface area (Å²) in [6, 6.07) is 6.81. The minimum atomic E-state index is 0.302. The summed E-state index contributed by atoms with van der Waals surface area (Å²) in [7, 11) is 0. The molecule has 1 heterocycles. The average molecular weight is 260 g/mol. The lowest BCUT2D eigenvalue weighted by molar-refractivity contribution is 0.887. The van der Waals surface area contributed by atoms with Gasteiger partial charge in [0.2, 0.25) is 0 Å². The highest BCUT2D eigenvalue weighted by molar-refractivity contribution is 7.11. The number of rotatable bonds is 3. The van der Waals surface area contributed by atoms with E-state index in [0.29, 0.717) is 6.04 Å². The highest BCUT2D eigenvalue weighted by Gasteiger charge is 2.13. The van der Waals surface area contributed by atoms with Crippen molar-refractivity contribution in [2.75, 3.05) is 5.32 Å². The maximum Gasteiger partial charge on any atom is 0.0900 e. The van der Waals surface area contributed by atoms with Crippen LogP contribution in [0.2, 0.25) is 0 Å². The third-order valence-electron chi connectivity index (χ3n) is 3.10. The molecule has 18 heavy (non-hydrogen) atoms. The lowest BCUT2D eigenvalue weighted by Gasteiger charge is -2.17. The molecule has 0 spiro atoms. The van der Waals surface area contributed by atoms with E-state index >= 15 is 0 Å². The monoisotopic (exact) mass is 260 g/mol. The minimum absolute atomic E-state index is 0.302. The van der Waals surface area contributed by atoms with Gasteiger partial charge in [0.15, 0.2) is 0 Å². The van der Waals surface area contributed by atoms with Gasteiger partial charge in [0.25, 0.3) is 0 Å². The van der Waals surface area contributed by atoms with Gasteiger partial charge in [-0.2, -0.15) is 0 Å². The molecule has 2 aromatic rings. The van der Waals surface area contributed by atoms with Gasteiger partial charge in [-0.15, -0.1) is 11.3 Å². The molecule has 0 bridgehead atoms. The maximum atomic E-state index is 4.49. The van der Waals surface area contributed by atoms with Gasteiger partial charge in [-0.25, -0.2) is 4.98 Å². The Morgan fingerprint density at radius 3 is 2.50 bits per heavy atom. The van der Waals surface area contributed by atoms with Crippen molar-refractivity contribution in [3.63, 3.8) is 0 Å². The fraction of sp³-hybridized carbons (Fsp3) is 0.400. The summed E-state index contributed by atoms with van der Waals surface area (Å²) in [4.78, 5) is 5.82. The number of nitrogens with zero attached hydrogens (tertiary/aromatic N) is 1. The van der Waals surface area contributed by atoms with E-state index in [2.05, 4.69) is 63.1 Å². The fourth-order valence-corrected chi connectivity index (χ4v) is 3.07. The van der Waals surface area contributed by atoms with Gasteiger partial charge in [0.1, 0.15) is 0 Å².